The number of pyridine rings is 1. The van der Waals surface area contributed by atoms with Gasteiger partial charge in [0.1, 0.15) is 17.0 Å². The molecular weight excluding hydrogens is 288 g/mol. The minimum Gasteiger partial charge on any atom is -0.458 e. The number of hydrogen-bond acceptors (Lipinski definition) is 3. The van der Waals surface area contributed by atoms with E-state index in [2.05, 4.69) is 4.98 Å². The maximum Gasteiger partial charge on any atom is 0.155 e. The Morgan fingerprint density at radius 2 is 2.10 bits per heavy atom. The van der Waals surface area contributed by atoms with Crippen LogP contribution in [0.15, 0.2) is 59.3 Å². The first-order valence-electron chi connectivity index (χ1n) is 6.51. The van der Waals surface area contributed by atoms with Crippen LogP contribution in [0.3, 0.4) is 0 Å². The first kappa shape index (κ1) is 12.4. The second-order valence-corrected chi connectivity index (χ2v) is 5.30. The molecule has 21 heavy (non-hydrogen) atoms. The average Bonchev–Trinajstić information content (AvgIpc) is 3.09. The molecule has 4 nitrogen and oxygen atoms in total. The standard InChI is InChI=1S/C16H11ClN2O2/c17-11-4-5-13-10(7-11)8-14(21-13)16(20)12-9-19-6-2-1-3-15(19)18-12/h1-9,16,20H. The number of imidazole rings is 1. The quantitative estimate of drug-likeness (QED) is 0.612. The van der Waals surface area contributed by atoms with Gasteiger partial charge in [0.25, 0.3) is 0 Å². The number of aromatic nitrogens is 2. The molecule has 1 unspecified atom stereocenters. The van der Waals surface area contributed by atoms with Gasteiger partial charge in [-0.3, -0.25) is 0 Å². The molecular formula is C16H11ClN2O2. The number of fused-ring (bicyclic) bond motifs is 2. The van der Waals surface area contributed by atoms with E-state index >= 15 is 0 Å². The summed E-state index contributed by atoms with van der Waals surface area (Å²) in [5, 5.41) is 12.0. The number of nitrogens with zero attached hydrogens (tertiary/aromatic N) is 2. The van der Waals surface area contributed by atoms with Gasteiger partial charge in [0.15, 0.2) is 6.10 Å². The van der Waals surface area contributed by atoms with Crippen molar-refractivity contribution in [3.05, 3.63) is 71.3 Å². The molecule has 1 atom stereocenters. The number of aliphatic hydroxyl groups is 1. The normalized spacial score (nSPS) is 13.0. The van der Waals surface area contributed by atoms with Gasteiger partial charge in [0.2, 0.25) is 0 Å². The SMILES string of the molecule is OC(c1cn2ccccc2n1)c1cc2cc(Cl)ccc2o1. The molecule has 0 aliphatic carbocycles. The summed E-state index contributed by atoms with van der Waals surface area (Å²) in [6.45, 7) is 0. The largest absolute Gasteiger partial charge is 0.458 e. The van der Waals surface area contributed by atoms with Crippen molar-refractivity contribution in [1.82, 2.24) is 9.38 Å². The van der Waals surface area contributed by atoms with Crippen molar-refractivity contribution >= 4 is 28.2 Å². The van der Waals surface area contributed by atoms with Crippen LogP contribution in [0.25, 0.3) is 16.6 Å². The van der Waals surface area contributed by atoms with Crippen LogP contribution in [0.2, 0.25) is 5.02 Å². The van der Waals surface area contributed by atoms with Gasteiger partial charge in [0, 0.05) is 22.8 Å². The molecule has 0 bridgehead atoms. The summed E-state index contributed by atoms with van der Waals surface area (Å²) in [6, 6.07) is 12.8. The summed E-state index contributed by atoms with van der Waals surface area (Å²) in [5.41, 5.74) is 2.02. The fraction of sp³-hybridized carbons (Fsp3) is 0.0625. The minimum absolute atomic E-state index is 0.454. The second kappa shape index (κ2) is 4.62. The van der Waals surface area contributed by atoms with E-state index in [-0.39, 0.29) is 0 Å². The van der Waals surface area contributed by atoms with Crippen LogP contribution >= 0.6 is 11.6 Å². The maximum atomic E-state index is 10.5. The predicted molar refractivity (Wildman–Crippen MR) is 80.5 cm³/mol. The van der Waals surface area contributed by atoms with E-state index in [4.69, 9.17) is 16.0 Å². The Bertz CT molecular complexity index is 909. The molecule has 0 radical (unpaired) electrons. The predicted octanol–water partition coefficient (Wildman–Crippen LogP) is 3.82. The van der Waals surface area contributed by atoms with Gasteiger partial charge in [-0.15, -0.1) is 0 Å². The number of rotatable bonds is 2. The van der Waals surface area contributed by atoms with Crippen LogP contribution in [0.5, 0.6) is 0 Å². The van der Waals surface area contributed by atoms with Crippen molar-refractivity contribution in [3.63, 3.8) is 0 Å². The summed E-state index contributed by atoms with van der Waals surface area (Å²) in [5.74, 6) is 0.454. The zero-order valence-electron chi connectivity index (χ0n) is 10.9. The Balaban J connectivity index is 1.79. The van der Waals surface area contributed by atoms with E-state index in [1.54, 1.807) is 30.5 Å². The maximum absolute atomic E-state index is 10.5. The zero-order chi connectivity index (χ0) is 14.4. The Kier molecular flexibility index (Phi) is 2.74. The molecule has 3 aromatic heterocycles. The number of hydrogen-bond donors (Lipinski definition) is 1. The molecule has 5 heteroatoms. The Hall–Kier alpha value is -2.30. The van der Waals surface area contributed by atoms with Crippen LogP contribution in [-0.4, -0.2) is 14.5 Å². The molecule has 104 valence electrons. The smallest absolute Gasteiger partial charge is 0.155 e. The van der Waals surface area contributed by atoms with Crippen LogP contribution in [0.1, 0.15) is 17.6 Å². The lowest BCUT2D eigenvalue weighted by Gasteiger charge is -2.02. The number of furan rings is 1. The van der Waals surface area contributed by atoms with Gasteiger partial charge in [0.05, 0.1) is 5.69 Å². The van der Waals surface area contributed by atoms with E-state index in [1.165, 1.54) is 0 Å². The average molecular weight is 299 g/mol. The third-order valence-electron chi connectivity index (χ3n) is 3.43. The van der Waals surface area contributed by atoms with Gasteiger partial charge in [-0.05, 0) is 36.4 Å². The van der Waals surface area contributed by atoms with E-state index in [0.717, 1.165) is 11.0 Å². The third-order valence-corrected chi connectivity index (χ3v) is 3.66. The molecule has 0 saturated heterocycles. The molecule has 3 heterocycles. The van der Waals surface area contributed by atoms with Crippen LogP contribution in [0.4, 0.5) is 0 Å². The minimum atomic E-state index is -0.906. The molecule has 0 fully saturated rings. The molecule has 0 aliphatic rings. The van der Waals surface area contributed by atoms with Gasteiger partial charge < -0.3 is 13.9 Å². The van der Waals surface area contributed by atoms with Crippen molar-refractivity contribution in [1.29, 1.82) is 0 Å². The molecule has 0 spiro atoms. The van der Waals surface area contributed by atoms with Crippen molar-refractivity contribution in [2.75, 3.05) is 0 Å². The van der Waals surface area contributed by atoms with Crippen molar-refractivity contribution < 1.29 is 9.52 Å². The van der Waals surface area contributed by atoms with Gasteiger partial charge in [-0.1, -0.05) is 17.7 Å². The molecule has 4 aromatic rings. The number of benzene rings is 1. The topological polar surface area (TPSA) is 50.7 Å². The van der Waals surface area contributed by atoms with Crippen molar-refractivity contribution in [3.8, 4) is 0 Å². The third kappa shape index (κ3) is 2.09. The first-order valence-corrected chi connectivity index (χ1v) is 6.89. The number of aliphatic hydroxyl groups excluding tert-OH is 1. The van der Waals surface area contributed by atoms with E-state index in [1.807, 2.05) is 28.8 Å². The summed E-state index contributed by atoms with van der Waals surface area (Å²) >= 11 is 5.96. The summed E-state index contributed by atoms with van der Waals surface area (Å²) < 4.78 is 7.54. The van der Waals surface area contributed by atoms with Gasteiger partial charge in [-0.2, -0.15) is 0 Å². The fourth-order valence-corrected chi connectivity index (χ4v) is 2.58. The summed E-state index contributed by atoms with van der Waals surface area (Å²) in [6.07, 6.45) is 2.77. The van der Waals surface area contributed by atoms with Crippen LogP contribution in [-0.2, 0) is 0 Å². The van der Waals surface area contributed by atoms with Crippen molar-refractivity contribution in [2.45, 2.75) is 6.10 Å². The molecule has 0 aliphatic heterocycles. The van der Waals surface area contributed by atoms with Crippen molar-refractivity contribution in [2.24, 2.45) is 0 Å². The lowest BCUT2D eigenvalue weighted by atomic mass is 10.2. The highest BCUT2D eigenvalue weighted by Crippen LogP contribution is 2.29. The fourth-order valence-electron chi connectivity index (χ4n) is 2.40. The number of halogens is 1. The van der Waals surface area contributed by atoms with Gasteiger partial charge in [-0.25, -0.2) is 4.98 Å². The Labute approximate surface area is 125 Å². The van der Waals surface area contributed by atoms with E-state index in [9.17, 15) is 5.11 Å². The Morgan fingerprint density at radius 1 is 1.19 bits per heavy atom. The molecule has 0 amide bonds. The van der Waals surface area contributed by atoms with E-state index in [0.29, 0.717) is 22.1 Å². The lowest BCUT2D eigenvalue weighted by Crippen LogP contribution is -1.97. The van der Waals surface area contributed by atoms with Crippen LogP contribution < -0.4 is 0 Å². The first-order chi connectivity index (χ1) is 10.2. The summed E-state index contributed by atoms with van der Waals surface area (Å²) in [7, 11) is 0. The Morgan fingerprint density at radius 3 is 2.95 bits per heavy atom. The summed E-state index contributed by atoms with van der Waals surface area (Å²) in [4.78, 5) is 4.40. The highest BCUT2D eigenvalue weighted by molar-refractivity contribution is 6.31. The second-order valence-electron chi connectivity index (χ2n) is 4.87. The lowest BCUT2D eigenvalue weighted by molar-refractivity contribution is 0.188. The highest BCUT2D eigenvalue weighted by atomic mass is 35.5. The molecule has 1 N–H and O–H groups in total. The highest BCUT2D eigenvalue weighted by Gasteiger charge is 2.18. The molecule has 0 saturated carbocycles. The molecule has 4 rings (SSSR count). The van der Waals surface area contributed by atoms with Gasteiger partial charge >= 0.3 is 0 Å². The van der Waals surface area contributed by atoms with E-state index < -0.39 is 6.10 Å². The monoisotopic (exact) mass is 298 g/mol. The molecule has 1 aromatic carbocycles. The van der Waals surface area contributed by atoms with Crippen LogP contribution in [0, 0.1) is 0 Å². The zero-order valence-corrected chi connectivity index (χ0v) is 11.7.